The minimum Gasteiger partial charge on any atom is -0.297 e. The maximum atomic E-state index is 13.5. The van der Waals surface area contributed by atoms with Crippen LogP contribution in [0.5, 0.6) is 0 Å². The van der Waals surface area contributed by atoms with Crippen LogP contribution in [0, 0.1) is 0 Å². The van der Waals surface area contributed by atoms with Crippen LogP contribution in [0.15, 0.2) is 21.8 Å². The highest BCUT2D eigenvalue weighted by atomic mass is 19.4. The third-order valence-corrected chi connectivity index (χ3v) is 3.15. The summed E-state index contributed by atoms with van der Waals surface area (Å²) in [4.78, 5) is 8.07. The summed E-state index contributed by atoms with van der Waals surface area (Å²) in [6, 6.07) is -0.972. The molecule has 0 aromatic heterocycles. The largest absolute Gasteiger partial charge is 0.419 e. The molecule has 1 fully saturated rings. The van der Waals surface area contributed by atoms with E-state index >= 15 is 0 Å². The first-order valence-corrected chi connectivity index (χ1v) is 6.20. The van der Waals surface area contributed by atoms with Crippen molar-refractivity contribution in [2.24, 2.45) is 9.98 Å². The molecule has 120 valence electrons. The molecule has 4 nitrogen and oxygen atoms in total. The standard InChI is InChI=1S/C12H17F5N4/c1-18-5-9(12(15,16)17)6-19-8-20-7-10-11(13,14)3-4-21(10)2/h5-6,10,20H,1,3-4,7-8H2,2H3/b9-5+,19-6-. The summed E-state index contributed by atoms with van der Waals surface area (Å²) in [7, 11) is 1.58. The molecule has 0 bridgehead atoms. The molecule has 0 aromatic carbocycles. The van der Waals surface area contributed by atoms with Gasteiger partial charge in [-0.1, -0.05) is 0 Å². The molecule has 1 aliphatic rings. The number of aliphatic imine (C=N–C) groups is 2. The maximum absolute atomic E-state index is 13.5. The number of halogens is 5. The quantitative estimate of drug-likeness (QED) is 0.463. The highest BCUT2D eigenvalue weighted by Crippen LogP contribution is 2.32. The van der Waals surface area contributed by atoms with Gasteiger partial charge in [0, 0.05) is 31.9 Å². The van der Waals surface area contributed by atoms with Gasteiger partial charge in [-0.05, 0) is 13.8 Å². The van der Waals surface area contributed by atoms with Crippen molar-refractivity contribution in [2.45, 2.75) is 24.6 Å². The lowest BCUT2D eigenvalue weighted by Crippen LogP contribution is -2.44. The van der Waals surface area contributed by atoms with E-state index in [1.807, 2.05) is 0 Å². The van der Waals surface area contributed by atoms with Gasteiger partial charge in [-0.25, -0.2) is 8.78 Å². The third kappa shape index (κ3) is 5.16. The van der Waals surface area contributed by atoms with Crippen molar-refractivity contribution in [1.29, 1.82) is 0 Å². The van der Waals surface area contributed by atoms with E-state index in [0.29, 0.717) is 12.4 Å². The Morgan fingerprint density at radius 2 is 2.14 bits per heavy atom. The minimum atomic E-state index is -4.58. The molecule has 0 aromatic rings. The molecule has 1 unspecified atom stereocenters. The Balaban J connectivity index is 2.45. The number of allylic oxidation sites excluding steroid dienone is 1. The van der Waals surface area contributed by atoms with Gasteiger partial charge in [0.1, 0.15) is 0 Å². The Morgan fingerprint density at radius 1 is 1.48 bits per heavy atom. The zero-order valence-corrected chi connectivity index (χ0v) is 11.5. The molecule has 1 atom stereocenters. The van der Waals surface area contributed by atoms with Crippen molar-refractivity contribution in [3.05, 3.63) is 11.8 Å². The van der Waals surface area contributed by atoms with Crippen LogP contribution < -0.4 is 5.32 Å². The Kier molecular flexibility index (Phi) is 5.97. The number of nitrogens with one attached hydrogen (secondary N) is 1. The molecular weight excluding hydrogens is 295 g/mol. The predicted molar refractivity (Wildman–Crippen MR) is 71.0 cm³/mol. The van der Waals surface area contributed by atoms with Crippen LogP contribution in [0.25, 0.3) is 0 Å². The van der Waals surface area contributed by atoms with E-state index in [1.165, 1.54) is 4.90 Å². The third-order valence-electron chi connectivity index (χ3n) is 3.15. The van der Waals surface area contributed by atoms with Gasteiger partial charge < -0.3 is 0 Å². The second-order valence-corrected chi connectivity index (χ2v) is 4.70. The zero-order valence-electron chi connectivity index (χ0n) is 11.5. The van der Waals surface area contributed by atoms with Gasteiger partial charge in [-0.3, -0.25) is 20.2 Å². The van der Waals surface area contributed by atoms with E-state index in [0.717, 1.165) is 0 Å². The highest BCUT2D eigenvalue weighted by Gasteiger charge is 2.46. The van der Waals surface area contributed by atoms with Gasteiger partial charge >= 0.3 is 6.18 Å². The maximum Gasteiger partial charge on any atom is 0.419 e. The fourth-order valence-corrected chi connectivity index (χ4v) is 1.96. The average molecular weight is 312 g/mol. The zero-order chi connectivity index (χ0) is 16.1. The molecule has 0 saturated carbocycles. The van der Waals surface area contributed by atoms with Gasteiger partial charge in [0.05, 0.1) is 18.3 Å². The first-order valence-electron chi connectivity index (χ1n) is 6.20. The lowest BCUT2D eigenvalue weighted by molar-refractivity contribution is -0.0857. The Bertz CT molecular complexity index is 416. The number of rotatable bonds is 6. The van der Waals surface area contributed by atoms with Crippen molar-refractivity contribution >= 4 is 12.9 Å². The van der Waals surface area contributed by atoms with Crippen molar-refractivity contribution in [3.8, 4) is 0 Å². The minimum absolute atomic E-state index is 0.0500. The molecule has 0 amide bonds. The van der Waals surface area contributed by atoms with Gasteiger partial charge in [-0.2, -0.15) is 13.2 Å². The van der Waals surface area contributed by atoms with Crippen LogP contribution in [0.2, 0.25) is 0 Å². The van der Waals surface area contributed by atoms with Crippen LogP contribution >= 0.6 is 0 Å². The molecule has 1 saturated heterocycles. The smallest absolute Gasteiger partial charge is 0.297 e. The summed E-state index contributed by atoms with van der Waals surface area (Å²) in [5.41, 5.74) is -1.05. The van der Waals surface area contributed by atoms with E-state index in [2.05, 4.69) is 22.0 Å². The van der Waals surface area contributed by atoms with Crippen molar-refractivity contribution in [1.82, 2.24) is 10.2 Å². The molecule has 0 aliphatic carbocycles. The van der Waals surface area contributed by atoms with Crippen LogP contribution in [-0.2, 0) is 0 Å². The first-order chi connectivity index (χ1) is 9.68. The molecular formula is C12H17F5N4. The van der Waals surface area contributed by atoms with E-state index in [9.17, 15) is 22.0 Å². The molecule has 1 rings (SSSR count). The SMILES string of the molecule is C=N/C=C(\C=N/CNCC1N(C)CCC1(F)F)C(F)(F)F. The van der Waals surface area contributed by atoms with Gasteiger partial charge in [0.2, 0.25) is 0 Å². The summed E-state index contributed by atoms with van der Waals surface area (Å²) in [5, 5.41) is 2.60. The Labute approximate surface area is 119 Å². The number of hydrogen-bond acceptors (Lipinski definition) is 4. The summed E-state index contributed by atoms with van der Waals surface area (Å²) in [6.07, 6.45) is -3.66. The van der Waals surface area contributed by atoms with Crippen LogP contribution in [0.3, 0.4) is 0 Å². The molecule has 1 heterocycles. The molecule has 0 spiro atoms. The number of likely N-dealkylation sites (tertiary alicyclic amines) is 1. The van der Waals surface area contributed by atoms with E-state index in [1.54, 1.807) is 7.05 Å². The van der Waals surface area contributed by atoms with Gasteiger partial charge in [-0.15, -0.1) is 0 Å². The van der Waals surface area contributed by atoms with E-state index in [-0.39, 0.29) is 26.2 Å². The van der Waals surface area contributed by atoms with Crippen molar-refractivity contribution in [3.63, 3.8) is 0 Å². The second kappa shape index (κ2) is 7.08. The van der Waals surface area contributed by atoms with Crippen molar-refractivity contribution in [2.75, 3.05) is 26.8 Å². The molecule has 0 radical (unpaired) electrons. The summed E-state index contributed by atoms with van der Waals surface area (Å²) >= 11 is 0. The number of hydrogen-bond donors (Lipinski definition) is 1. The number of likely N-dealkylation sites (N-methyl/N-ethyl adjacent to an activating group) is 1. The molecule has 1 N–H and O–H groups in total. The average Bonchev–Trinajstić information content (AvgIpc) is 2.62. The molecule has 1 aliphatic heterocycles. The van der Waals surface area contributed by atoms with E-state index < -0.39 is 23.7 Å². The Hall–Kier alpha value is -1.35. The monoisotopic (exact) mass is 312 g/mol. The second-order valence-electron chi connectivity index (χ2n) is 4.70. The first kappa shape index (κ1) is 17.7. The lowest BCUT2D eigenvalue weighted by atomic mass is 10.1. The van der Waals surface area contributed by atoms with Gasteiger partial charge in [0.25, 0.3) is 5.92 Å². The number of nitrogens with zero attached hydrogens (tertiary/aromatic N) is 3. The summed E-state index contributed by atoms with van der Waals surface area (Å²) in [6.45, 7) is 2.99. The fraction of sp³-hybridized carbons (Fsp3) is 0.667. The number of alkyl halides is 5. The summed E-state index contributed by atoms with van der Waals surface area (Å²) in [5.74, 6) is -2.80. The Morgan fingerprint density at radius 3 is 2.62 bits per heavy atom. The molecule has 9 heteroatoms. The topological polar surface area (TPSA) is 40.0 Å². The van der Waals surface area contributed by atoms with Gasteiger partial charge in [0.15, 0.2) is 0 Å². The van der Waals surface area contributed by atoms with Crippen LogP contribution in [0.1, 0.15) is 6.42 Å². The van der Waals surface area contributed by atoms with Crippen LogP contribution in [-0.4, -0.2) is 62.8 Å². The normalized spacial score (nSPS) is 23.9. The van der Waals surface area contributed by atoms with Crippen molar-refractivity contribution < 1.29 is 22.0 Å². The van der Waals surface area contributed by atoms with E-state index in [4.69, 9.17) is 0 Å². The van der Waals surface area contributed by atoms with Crippen LogP contribution in [0.4, 0.5) is 22.0 Å². The highest BCUT2D eigenvalue weighted by molar-refractivity contribution is 5.80. The lowest BCUT2D eigenvalue weighted by Gasteiger charge is -2.24. The fourth-order valence-electron chi connectivity index (χ4n) is 1.96. The molecule has 21 heavy (non-hydrogen) atoms. The predicted octanol–water partition coefficient (Wildman–Crippen LogP) is 2.09. The summed E-state index contributed by atoms with van der Waals surface area (Å²) < 4.78 is 64.2.